The van der Waals surface area contributed by atoms with Crippen LogP contribution >= 0.6 is 11.8 Å². The Hall–Kier alpha value is -3.13. The summed E-state index contributed by atoms with van der Waals surface area (Å²) in [6.07, 6.45) is 0.976. The Morgan fingerprint density at radius 2 is 1.86 bits per heavy atom. The number of aryl methyl sites for hydroxylation is 3. The van der Waals surface area contributed by atoms with E-state index < -0.39 is 11.9 Å². The third kappa shape index (κ3) is 5.68. The molecule has 0 unspecified atom stereocenters. The first-order valence-electron chi connectivity index (χ1n) is 9.27. The molecule has 3 rings (SSSR count). The lowest BCUT2D eigenvalue weighted by Crippen LogP contribution is -2.35. The first-order chi connectivity index (χ1) is 13.9. The smallest absolute Gasteiger partial charge is 0.307 e. The molecule has 0 aliphatic carbocycles. The number of aromatic amines is 1. The molecule has 0 spiro atoms. The van der Waals surface area contributed by atoms with Gasteiger partial charge in [0.2, 0.25) is 11.1 Å². The van der Waals surface area contributed by atoms with Gasteiger partial charge in [-0.2, -0.15) is 0 Å². The first kappa shape index (κ1) is 20.6. The van der Waals surface area contributed by atoms with Crippen LogP contribution in [-0.2, 0) is 11.2 Å². The largest absolute Gasteiger partial charge is 0.325 e. The van der Waals surface area contributed by atoms with Gasteiger partial charge in [0.15, 0.2) is 5.82 Å². The second kappa shape index (κ2) is 9.38. The highest BCUT2D eigenvalue weighted by Crippen LogP contribution is 2.20. The molecule has 7 nitrogen and oxygen atoms in total. The fraction of sp³-hybridized carbons (Fsp3) is 0.238. The molecule has 0 saturated carbocycles. The SMILES string of the molecule is CCc1ccc(-c2nc(SCC(=O)NC(=O)Nc3ccc(C)cc3C)n[nH]2)cc1. The van der Waals surface area contributed by atoms with E-state index in [1.165, 1.54) is 5.56 Å². The number of rotatable bonds is 6. The van der Waals surface area contributed by atoms with E-state index in [2.05, 4.69) is 32.7 Å². The second-order valence-corrected chi connectivity index (χ2v) is 7.57. The number of hydrogen-bond donors (Lipinski definition) is 3. The van der Waals surface area contributed by atoms with Crippen LogP contribution in [0.4, 0.5) is 10.5 Å². The highest BCUT2D eigenvalue weighted by atomic mass is 32.2. The van der Waals surface area contributed by atoms with Crippen LogP contribution in [0.1, 0.15) is 23.6 Å². The number of carbonyl (C=O) groups is 2. The van der Waals surface area contributed by atoms with Crippen LogP contribution in [0.3, 0.4) is 0 Å². The number of aromatic nitrogens is 3. The number of carbonyl (C=O) groups excluding carboxylic acids is 2. The average Bonchev–Trinajstić information content (AvgIpc) is 3.18. The van der Waals surface area contributed by atoms with E-state index in [-0.39, 0.29) is 5.75 Å². The minimum absolute atomic E-state index is 0.0341. The summed E-state index contributed by atoms with van der Waals surface area (Å²) in [7, 11) is 0. The fourth-order valence-corrected chi connectivity index (χ4v) is 3.34. The average molecular weight is 410 g/mol. The van der Waals surface area contributed by atoms with Crippen molar-refractivity contribution in [3.63, 3.8) is 0 Å². The lowest BCUT2D eigenvalue weighted by molar-refractivity contribution is -0.117. The van der Waals surface area contributed by atoms with Gasteiger partial charge in [-0.15, -0.1) is 5.10 Å². The highest BCUT2D eigenvalue weighted by molar-refractivity contribution is 7.99. The zero-order valence-electron chi connectivity index (χ0n) is 16.6. The van der Waals surface area contributed by atoms with E-state index in [9.17, 15) is 9.59 Å². The van der Waals surface area contributed by atoms with E-state index in [1.807, 2.05) is 56.3 Å². The van der Waals surface area contributed by atoms with Crippen molar-refractivity contribution >= 4 is 29.4 Å². The van der Waals surface area contributed by atoms with Crippen molar-refractivity contribution < 1.29 is 9.59 Å². The van der Waals surface area contributed by atoms with E-state index in [0.29, 0.717) is 16.7 Å². The summed E-state index contributed by atoms with van der Waals surface area (Å²) >= 11 is 1.16. The number of amides is 3. The van der Waals surface area contributed by atoms with E-state index in [1.54, 1.807) is 0 Å². The third-order valence-corrected chi connectivity index (χ3v) is 5.16. The van der Waals surface area contributed by atoms with Gasteiger partial charge in [-0.25, -0.2) is 9.78 Å². The van der Waals surface area contributed by atoms with Crippen LogP contribution < -0.4 is 10.6 Å². The van der Waals surface area contributed by atoms with Gasteiger partial charge < -0.3 is 5.32 Å². The van der Waals surface area contributed by atoms with E-state index >= 15 is 0 Å². The molecular weight excluding hydrogens is 386 g/mol. The van der Waals surface area contributed by atoms with Gasteiger partial charge in [0, 0.05) is 11.3 Å². The molecular formula is C21H23N5O2S. The maximum Gasteiger partial charge on any atom is 0.325 e. The maximum atomic E-state index is 12.0. The summed E-state index contributed by atoms with van der Waals surface area (Å²) in [5.41, 5.74) is 4.88. The number of nitrogens with zero attached hydrogens (tertiary/aromatic N) is 2. The maximum absolute atomic E-state index is 12.0. The molecule has 3 amide bonds. The van der Waals surface area contributed by atoms with Crippen molar-refractivity contribution in [1.29, 1.82) is 0 Å². The van der Waals surface area contributed by atoms with Crippen molar-refractivity contribution in [3.8, 4) is 11.4 Å². The number of imide groups is 1. The van der Waals surface area contributed by atoms with E-state index in [4.69, 9.17) is 0 Å². The summed E-state index contributed by atoms with van der Waals surface area (Å²) in [5.74, 6) is 0.255. The Morgan fingerprint density at radius 3 is 2.55 bits per heavy atom. The van der Waals surface area contributed by atoms with Gasteiger partial charge in [-0.05, 0) is 37.5 Å². The van der Waals surface area contributed by atoms with Gasteiger partial charge in [0.25, 0.3) is 0 Å². The van der Waals surface area contributed by atoms with Crippen molar-refractivity contribution in [2.24, 2.45) is 0 Å². The number of thioether (sulfide) groups is 1. The van der Waals surface area contributed by atoms with Crippen molar-refractivity contribution in [1.82, 2.24) is 20.5 Å². The molecule has 1 heterocycles. The lowest BCUT2D eigenvalue weighted by Gasteiger charge is -2.09. The van der Waals surface area contributed by atoms with Crippen LogP contribution in [-0.4, -0.2) is 32.9 Å². The van der Waals surface area contributed by atoms with Gasteiger partial charge in [-0.1, -0.05) is 60.6 Å². The Kier molecular flexibility index (Phi) is 6.66. The van der Waals surface area contributed by atoms with Gasteiger partial charge in [0.1, 0.15) is 0 Å². The minimum Gasteiger partial charge on any atom is -0.307 e. The van der Waals surface area contributed by atoms with E-state index in [0.717, 1.165) is 34.9 Å². The molecule has 0 atom stereocenters. The Balaban J connectivity index is 1.50. The second-order valence-electron chi connectivity index (χ2n) is 6.63. The molecule has 150 valence electrons. The summed E-state index contributed by atoms with van der Waals surface area (Å²) < 4.78 is 0. The predicted octanol–water partition coefficient (Wildman–Crippen LogP) is 4.09. The highest BCUT2D eigenvalue weighted by Gasteiger charge is 2.12. The lowest BCUT2D eigenvalue weighted by atomic mass is 10.1. The number of nitrogens with one attached hydrogen (secondary N) is 3. The molecule has 0 fully saturated rings. The van der Waals surface area contributed by atoms with Crippen LogP contribution in [0.2, 0.25) is 0 Å². The molecule has 29 heavy (non-hydrogen) atoms. The minimum atomic E-state index is -0.561. The van der Waals surface area contributed by atoms with Crippen LogP contribution in [0.5, 0.6) is 0 Å². The number of urea groups is 1. The summed E-state index contributed by atoms with van der Waals surface area (Å²) in [6.45, 7) is 5.98. The molecule has 3 aromatic rings. The number of hydrogen-bond acceptors (Lipinski definition) is 5. The fourth-order valence-electron chi connectivity index (χ4n) is 2.74. The number of benzene rings is 2. The van der Waals surface area contributed by atoms with Gasteiger partial charge >= 0.3 is 6.03 Å². The normalized spacial score (nSPS) is 10.6. The van der Waals surface area contributed by atoms with Crippen molar-refractivity contribution in [2.45, 2.75) is 32.3 Å². The standard InChI is InChI=1S/C21H23N5O2S/c1-4-15-6-8-16(9-7-15)19-24-21(26-25-19)29-12-18(27)23-20(28)22-17-10-5-13(2)11-14(17)3/h5-11H,4,12H2,1-3H3,(H,24,25,26)(H2,22,23,27,28). The summed E-state index contributed by atoms with van der Waals surface area (Å²) in [4.78, 5) is 28.5. The Bertz CT molecular complexity index is 1010. The topological polar surface area (TPSA) is 99.8 Å². The summed E-state index contributed by atoms with van der Waals surface area (Å²) in [5, 5.41) is 12.4. The molecule has 0 radical (unpaired) electrons. The van der Waals surface area contributed by atoms with Crippen LogP contribution in [0.25, 0.3) is 11.4 Å². The molecule has 2 aromatic carbocycles. The molecule has 0 aliphatic heterocycles. The number of H-pyrrole nitrogens is 1. The number of anilines is 1. The molecule has 8 heteroatoms. The molecule has 0 aliphatic rings. The van der Waals surface area contributed by atoms with Crippen LogP contribution in [0.15, 0.2) is 47.6 Å². The zero-order valence-corrected chi connectivity index (χ0v) is 17.4. The quantitative estimate of drug-likeness (QED) is 0.533. The zero-order chi connectivity index (χ0) is 20.8. The Morgan fingerprint density at radius 1 is 1.10 bits per heavy atom. The molecule has 3 N–H and O–H groups in total. The van der Waals surface area contributed by atoms with Gasteiger partial charge in [0.05, 0.1) is 5.75 Å². The first-order valence-corrected chi connectivity index (χ1v) is 10.3. The van der Waals surface area contributed by atoms with Gasteiger partial charge in [-0.3, -0.25) is 15.2 Å². The Labute approximate surface area is 173 Å². The summed E-state index contributed by atoms with van der Waals surface area (Å²) in [6, 6.07) is 13.2. The molecule has 0 saturated heterocycles. The molecule has 1 aromatic heterocycles. The molecule has 0 bridgehead atoms. The van der Waals surface area contributed by atoms with Crippen LogP contribution in [0, 0.1) is 13.8 Å². The van der Waals surface area contributed by atoms with Crippen molar-refractivity contribution in [2.75, 3.05) is 11.1 Å². The monoisotopic (exact) mass is 409 g/mol. The van der Waals surface area contributed by atoms with Crippen molar-refractivity contribution in [3.05, 3.63) is 59.2 Å². The third-order valence-electron chi connectivity index (χ3n) is 4.32. The predicted molar refractivity (Wildman–Crippen MR) is 115 cm³/mol.